The van der Waals surface area contributed by atoms with Crippen LogP contribution in [0.3, 0.4) is 0 Å². The van der Waals surface area contributed by atoms with Gasteiger partial charge >= 0.3 is 0 Å². The Morgan fingerprint density at radius 3 is 2.96 bits per heavy atom. The maximum Gasteiger partial charge on any atom is 0.271 e. The Kier molecular flexibility index (Phi) is 6.54. The molecule has 1 aromatic heterocycles. The molecule has 0 spiro atoms. The second-order valence-corrected chi connectivity index (χ2v) is 7.72. The summed E-state index contributed by atoms with van der Waals surface area (Å²) in [5.41, 5.74) is 1.23. The maximum absolute atomic E-state index is 12.6. The molecule has 1 aliphatic heterocycles. The number of nitrogens with zero attached hydrogens (tertiary/aromatic N) is 2. The minimum absolute atomic E-state index is 0.0364. The second kappa shape index (κ2) is 9.07. The number of nitro groups is 1. The highest BCUT2D eigenvalue weighted by Gasteiger charge is 2.22. The van der Waals surface area contributed by atoms with E-state index in [1.54, 1.807) is 17.4 Å². The van der Waals surface area contributed by atoms with E-state index in [1.165, 1.54) is 17.0 Å². The molecule has 1 fully saturated rings. The number of anilines is 1. The van der Waals surface area contributed by atoms with E-state index in [0.717, 1.165) is 25.0 Å². The number of carbonyl (C=O) groups is 1. The van der Waals surface area contributed by atoms with Gasteiger partial charge in [-0.2, -0.15) is 0 Å². The van der Waals surface area contributed by atoms with Gasteiger partial charge in [0, 0.05) is 36.7 Å². The molecular formula is C19H23N3O4S. The number of rotatable bonds is 8. The highest BCUT2D eigenvalue weighted by molar-refractivity contribution is 7.09. The van der Waals surface area contributed by atoms with Crippen LogP contribution in [0, 0.1) is 17.0 Å². The zero-order valence-electron chi connectivity index (χ0n) is 15.2. The van der Waals surface area contributed by atoms with Gasteiger partial charge in [0.2, 0.25) is 5.91 Å². The Hall–Kier alpha value is -2.29. The van der Waals surface area contributed by atoms with Gasteiger partial charge in [-0.15, -0.1) is 11.3 Å². The van der Waals surface area contributed by atoms with Gasteiger partial charge in [-0.1, -0.05) is 12.1 Å². The van der Waals surface area contributed by atoms with E-state index >= 15 is 0 Å². The lowest BCUT2D eigenvalue weighted by Crippen LogP contribution is -2.37. The lowest BCUT2D eigenvalue weighted by Gasteiger charge is -2.24. The molecule has 2 heterocycles. The van der Waals surface area contributed by atoms with E-state index in [-0.39, 0.29) is 24.2 Å². The molecule has 1 N–H and O–H groups in total. The predicted octanol–water partition coefficient (Wildman–Crippen LogP) is 3.58. The smallest absolute Gasteiger partial charge is 0.271 e. The van der Waals surface area contributed by atoms with Gasteiger partial charge in [0.25, 0.3) is 5.69 Å². The lowest BCUT2D eigenvalue weighted by atomic mass is 10.2. The van der Waals surface area contributed by atoms with Crippen LogP contribution in [0.2, 0.25) is 0 Å². The fraction of sp³-hybridized carbons (Fsp3) is 0.421. The molecule has 8 heteroatoms. The van der Waals surface area contributed by atoms with Crippen molar-refractivity contribution in [3.8, 4) is 0 Å². The fourth-order valence-corrected chi connectivity index (χ4v) is 3.88. The second-order valence-electron chi connectivity index (χ2n) is 6.69. The van der Waals surface area contributed by atoms with Gasteiger partial charge in [-0.3, -0.25) is 19.8 Å². The predicted molar refractivity (Wildman–Crippen MR) is 105 cm³/mol. The van der Waals surface area contributed by atoms with Crippen LogP contribution in [0.15, 0.2) is 35.7 Å². The Morgan fingerprint density at radius 2 is 2.30 bits per heavy atom. The van der Waals surface area contributed by atoms with Gasteiger partial charge in [-0.25, -0.2) is 0 Å². The molecule has 1 atom stereocenters. The summed E-state index contributed by atoms with van der Waals surface area (Å²) < 4.78 is 5.72. The van der Waals surface area contributed by atoms with Crippen LogP contribution in [-0.2, 0) is 16.1 Å². The quantitative estimate of drug-likeness (QED) is 0.551. The summed E-state index contributed by atoms with van der Waals surface area (Å²) in [6.07, 6.45) is 2.21. The Bertz CT molecular complexity index is 788. The minimum Gasteiger partial charge on any atom is -0.377 e. The van der Waals surface area contributed by atoms with Crippen molar-refractivity contribution in [1.82, 2.24) is 4.90 Å². The molecule has 0 saturated carbocycles. The zero-order valence-corrected chi connectivity index (χ0v) is 16.0. The van der Waals surface area contributed by atoms with Crippen molar-refractivity contribution in [3.05, 3.63) is 56.3 Å². The average molecular weight is 389 g/mol. The maximum atomic E-state index is 12.6. The third-order valence-corrected chi connectivity index (χ3v) is 5.38. The number of carbonyl (C=O) groups excluding carboxylic acids is 1. The van der Waals surface area contributed by atoms with E-state index in [0.29, 0.717) is 18.8 Å². The van der Waals surface area contributed by atoms with Crippen molar-refractivity contribution in [3.63, 3.8) is 0 Å². The largest absolute Gasteiger partial charge is 0.377 e. The molecule has 144 valence electrons. The van der Waals surface area contributed by atoms with Crippen LogP contribution >= 0.6 is 11.3 Å². The van der Waals surface area contributed by atoms with Gasteiger partial charge < -0.3 is 10.1 Å². The van der Waals surface area contributed by atoms with Crippen molar-refractivity contribution in [2.75, 3.05) is 25.0 Å². The standard InChI is InChI=1S/C19H23N3O4S/c1-14-6-7-15(22(24)25)10-18(14)20-19(23)13-21(11-16-4-2-8-26-16)12-17-5-3-9-27-17/h3,5-7,9-10,16H,2,4,8,11-13H2,1H3,(H,20,23)/t16-/m0/s1. The molecule has 2 aromatic rings. The number of ether oxygens (including phenoxy) is 1. The number of hydrogen-bond acceptors (Lipinski definition) is 6. The third kappa shape index (κ3) is 5.59. The first-order valence-corrected chi connectivity index (χ1v) is 9.80. The van der Waals surface area contributed by atoms with E-state index in [2.05, 4.69) is 16.3 Å². The lowest BCUT2D eigenvalue weighted by molar-refractivity contribution is -0.384. The number of non-ortho nitro benzene ring substituents is 1. The summed E-state index contributed by atoms with van der Waals surface area (Å²) >= 11 is 1.66. The first kappa shape index (κ1) is 19.5. The van der Waals surface area contributed by atoms with Crippen molar-refractivity contribution < 1.29 is 14.5 Å². The Morgan fingerprint density at radius 1 is 1.44 bits per heavy atom. The SMILES string of the molecule is Cc1ccc([N+](=O)[O-])cc1NC(=O)CN(Cc1cccs1)C[C@@H]1CCCO1. The van der Waals surface area contributed by atoms with E-state index in [1.807, 2.05) is 18.4 Å². The van der Waals surface area contributed by atoms with Crippen molar-refractivity contribution in [1.29, 1.82) is 0 Å². The van der Waals surface area contributed by atoms with Crippen LogP contribution < -0.4 is 5.32 Å². The molecule has 1 aliphatic rings. The molecule has 0 bridgehead atoms. The van der Waals surface area contributed by atoms with Crippen LogP contribution in [0.1, 0.15) is 23.3 Å². The highest BCUT2D eigenvalue weighted by atomic mass is 32.1. The molecule has 0 unspecified atom stereocenters. The van der Waals surface area contributed by atoms with Gasteiger partial charge in [0.05, 0.1) is 23.3 Å². The van der Waals surface area contributed by atoms with Crippen LogP contribution in [0.4, 0.5) is 11.4 Å². The summed E-state index contributed by atoms with van der Waals surface area (Å²) in [5, 5.41) is 15.8. The van der Waals surface area contributed by atoms with Crippen molar-refractivity contribution >= 4 is 28.6 Å². The highest BCUT2D eigenvalue weighted by Crippen LogP contribution is 2.22. The van der Waals surface area contributed by atoms with Crippen molar-refractivity contribution in [2.24, 2.45) is 0 Å². The number of nitrogens with one attached hydrogen (secondary N) is 1. The van der Waals surface area contributed by atoms with Crippen molar-refractivity contribution in [2.45, 2.75) is 32.4 Å². The number of amides is 1. The van der Waals surface area contributed by atoms with Gasteiger partial charge in [0.15, 0.2) is 0 Å². The molecule has 1 saturated heterocycles. The third-order valence-electron chi connectivity index (χ3n) is 4.52. The molecule has 27 heavy (non-hydrogen) atoms. The summed E-state index contributed by atoms with van der Waals surface area (Å²) in [6, 6.07) is 8.53. The van der Waals surface area contributed by atoms with E-state index < -0.39 is 4.92 Å². The molecule has 7 nitrogen and oxygen atoms in total. The molecule has 1 aromatic carbocycles. The monoisotopic (exact) mass is 389 g/mol. The molecule has 0 aliphatic carbocycles. The van der Waals surface area contributed by atoms with Crippen LogP contribution in [-0.4, -0.2) is 41.5 Å². The minimum atomic E-state index is -0.463. The molecule has 3 rings (SSSR count). The molecule has 0 radical (unpaired) electrons. The number of hydrogen-bond donors (Lipinski definition) is 1. The van der Waals surface area contributed by atoms with E-state index in [9.17, 15) is 14.9 Å². The first-order chi connectivity index (χ1) is 13.0. The summed E-state index contributed by atoms with van der Waals surface area (Å²) in [4.78, 5) is 26.4. The van der Waals surface area contributed by atoms with Crippen LogP contribution in [0.5, 0.6) is 0 Å². The zero-order chi connectivity index (χ0) is 19.2. The molecular weight excluding hydrogens is 366 g/mol. The Balaban J connectivity index is 1.66. The first-order valence-electron chi connectivity index (χ1n) is 8.92. The van der Waals surface area contributed by atoms with Gasteiger partial charge in [0.1, 0.15) is 0 Å². The summed E-state index contributed by atoms with van der Waals surface area (Å²) in [7, 11) is 0. The average Bonchev–Trinajstić information content (AvgIpc) is 3.30. The fourth-order valence-electron chi connectivity index (χ4n) is 3.14. The summed E-state index contributed by atoms with van der Waals surface area (Å²) in [5.74, 6) is -0.187. The number of thiophene rings is 1. The van der Waals surface area contributed by atoms with E-state index in [4.69, 9.17) is 4.74 Å². The van der Waals surface area contributed by atoms with Crippen LogP contribution in [0.25, 0.3) is 0 Å². The normalized spacial score (nSPS) is 16.6. The van der Waals surface area contributed by atoms with Gasteiger partial charge in [-0.05, 0) is 36.8 Å². The topological polar surface area (TPSA) is 84.7 Å². The number of nitro benzene ring substituents is 1. The Labute approximate surface area is 162 Å². The number of aryl methyl sites for hydroxylation is 1. The number of benzene rings is 1. The molecule has 1 amide bonds. The summed E-state index contributed by atoms with van der Waals surface area (Å²) in [6.45, 7) is 4.17.